The molecule has 0 fully saturated rings. The molecule has 0 bridgehead atoms. The molecule has 31 heavy (non-hydrogen) atoms. The Hall–Kier alpha value is -2.33. The average Bonchev–Trinajstić information content (AvgIpc) is 3.14. The molecular weight excluding hydrogens is 499 g/mol. The lowest BCUT2D eigenvalue weighted by molar-refractivity contribution is -0.137. The van der Waals surface area contributed by atoms with Crippen LogP contribution in [-0.2, 0) is 15.7 Å². The van der Waals surface area contributed by atoms with Gasteiger partial charge in [0.25, 0.3) is 0 Å². The van der Waals surface area contributed by atoms with Gasteiger partial charge in [-0.25, -0.2) is 14.2 Å². The minimum atomic E-state index is -4.67. The first-order chi connectivity index (χ1) is 14.3. The van der Waals surface area contributed by atoms with Crippen molar-refractivity contribution >= 4 is 49.5 Å². The van der Waals surface area contributed by atoms with Gasteiger partial charge in [0.05, 0.1) is 16.0 Å². The Morgan fingerprint density at radius 3 is 2.39 bits per heavy atom. The van der Waals surface area contributed by atoms with Gasteiger partial charge in [0.1, 0.15) is 16.1 Å². The van der Waals surface area contributed by atoms with Crippen molar-refractivity contribution in [1.82, 2.24) is 4.57 Å². The predicted octanol–water partition coefficient (Wildman–Crippen LogP) is 7.11. The standard InChI is InChI=1S/C21H19BrF3NO4S/c1-5-29-18(27)16-15(11-8-6-7-9-13(11)21(23,24)25)12-10-14(22)31-17(12)26(16)19(28)30-20(2,3)4/h6-10H,5H2,1-4H3. The van der Waals surface area contributed by atoms with Crippen molar-refractivity contribution < 1.29 is 32.2 Å². The van der Waals surface area contributed by atoms with Gasteiger partial charge in [0.2, 0.25) is 0 Å². The Balaban J connectivity index is 2.44. The first kappa shape index (κ1) is 23.3. The molecule has 166 valence electrons. The van der Waals surface area contributed by atoms with E-state index in [1.165, 1.54) is 18.2 Å². The van der Waals surface area contributed by atoms with Crippen LogP contribution in [0.2, 0.25) is 0 Å². The minimum absolute atomic E-state index is 0.0178. The number of aromatic nitrogens is 1. The number of nitrogens with zero attached hydrogens (tertiary/aromatic N) is 1. The van der Waals surface area contributed by atoms with Gasteiger partial charge >= 0.3 is 18.2 Å². The van der Waals surface area contributed by atoms with Crippen molar-refractivity contribution in [3.8, 4) is 11.1 Å². The van der Waals surface area contributed by atoms with E-state index in [-0.39, 0.29) is 28.3 Å². The van der Waals surface area contributed by atoms with Gasteiger partial charge < -0.3 is 9.47 Å². The van der Waals surface area contributed by atoms with E-state index in [9.17, 15) is 22.8 Å². The maximum absolute atomic E-state index is 13.8. The molecule has 0 aliphatic heterocycles. The van der Waals surface area contributed by atoms with Crippen LogP contribution >= 0.6 is 27.3 Å². The second-order valence-corrected chi connectivity index (χ2v) is 9.98. The zero-order valence-corrected chi connectivity index (χ0v) is 19.5. The van der Waals surface area contributed by atoms with Crippen molar-refractivity contribution in [3.05, 3.63) is 45.4 Å². The molecule has 1 aromatic carbocycles. The molecular formula is C21H19BrF3NO4S. The normalized spacial score (nSPS) is 12.3. The monoisotopic (exact) mass is 517 g/mol. The molecule has 10 heteroatoms. The molecule has 0 radical (unpaired) electrons. The summed E-state index contributed by atoms with van der Waals surface area (Å²) in [7, 11) is 0. The second-order valence-electron chi connectivity index (χ2n) is 7.57. The number of benzene rings is 1. The van der Waals surface area contributed by atoms with Crippen LogP contribution in [0.4, 0.5) is 18.0 Å². The highest BCUT2D eigenvalue weighted by Gasteiger charge is 2.38. The number of thiophene rings is 1. The molecule has 2 aromatic heterocycles. The summed E-state index contributed by atoms with van der Waals surface area (Å²) in [4.78, 5) is 26.2. The average molecular weight is 518 g/mol. The number of esters is 1. The molecule has 0 aliphatic rings. The number of ether oxygens (including phenoxy) is 2. The van der Waals surface area contributed by atoms with E-state index < -0.39 is 29.4 Å². The van der Waals surface area contributed by atoms with Gasteiger partial charge in [-0.15, -0.1) is 11.3 Å². The van der Waals surface area contributed by atoms with E-state index in [1.54, 1.807) is 33.8 Å². The molecule has 0 saturated heterocycles. The minimum Gasteiger partial charge on any atom is -0.461 e. The number of hydrogen-bond donors (Lipinski definition) is 0. The highest BCUT2D eigenvalue weighted by molar-refractivity contribution is 9.11. The fraction of sp³-hybridized carbons (Fsp3) is 0.333. The van der Waals surface area contributed by atoms with E-state index in [4.69, 9.17) is 9.47 Å². The number of alkyl halides is 3. The van der Waals surface area contributed by atoms with Crippen LogP contribution in [0.5, 0.6) is 0 Å². The van der Waals surface area contributed by atoms with Crippen molar-refractivity contribution in [1.29, 1.82) is 0 Å². The summed E-state index contributed by atoms with van der Waals surface area (Å²) in [6, 6.07) is 6.49. The number of halogens is 4. The van der Waals surface area contributed by atoms with Crippen molar-refractivity contribution in [2.24, 2.45) is 0 Å². The molecule has 0 atom stereocenters. The van der Waals surface area contributed by atoms with Crippen LogP contribution in [0, 0.1) is 0 Å². The molecule has 3 rings (SSSR count). The number of hydrogen-bond acceptors (Lipinski definition) is 5. The molecule has 3 aromatic rings. The van der Waals surface area contributed by atoms with E-state index in [2.05, 4.69) is 15.9 Å². The van der Waals surface area contributed by atoms with Gasteiger partial charge in [-0.2, -0.15) is 13.2 Å². The van der Waals surface area contributed by atoms with Crippen LogP contribution in [0.25, 0.3) is 21.3 Å². The van der Waals surface area contributed by atoms with E-state index in [1.807, 2.05) is 0 Å². The quantitative estimate of drug-likeness (QED) is 0.347. The summed E-state index contributed by atoms with van der Waals surface area (Å²) in [6.45, 7) is 6.51. The fourth-order valence-electron chi connectivity index (χ4n) is 3.13. The first-order valence-corrected chi connectivity index (χ1v) is 10.9. The van der Waals surface area contributed by atoms with Crippen LogP contribution < -0.4 is 0 Å². The van der Waals surface area contributed by atoms with E-state index >= 15 is 0 Å². The maximum Gasteiger partial charge on any atom is 0.420 e. The molecule has 0 spiro atoms. The third-order valence-corrected chi connectivity index (χ3v) is 5.79. The lowest BCUT2D eigenvalue weighted by Gasteiger charge is -2.21. The predicted molar refractivity (Wildman–Crippen MR) is 116 cm³/mol. The molecule has 0 aliphatic carbocycles. The molecule has 0 unspecified atom stereocenters. The fourth-order valence-corrected chi connectivity index (χ4v) is 4.71. The maximum atomic E-state index is 13.8. The molecule has 0 amide bonds. The van der Waals surface area contributed by atoms with Crippen molar-refractivity contribution in [2.45, 2.75) is 39.5 Å². The Morgan fingerprint density at radius 2 is 1.81 bits per heavy atom. The highest BCUT2D eigenvalue weighted by atomic mass is 79.9. The lowest BCUT2D eigenvalue weighted by Crippen LogP contribution is -2.29. The summed E-state index contributed by atoms with van der Waals surface area (Å²) >= 11 is 4.42. The summed E-state index contributed by atoms with van der Waals surface area (Å²) in [5, 5.41) is 0.308. The highest BCUT2D eigenvalue weighted by Crippen LogP contribution is 2.45. The Morgan fingerprint density at radius 1 is 1.16 bits per heavy atom. The van der Waals surface area contributed by atoms with Crippen LogP contribution in [0.1, 0.15) is 43.7 Å². The Kier molecular flexibility index (Phi) is 6.25. The number of carbonyl (C=O) groups excluding carboxylic acids is 2. The Bertz CT molecular complexity index is 1160. The zero-order chi connectivity index (χ0) is 23.1. The number of rotatable bonds is 3. The summed E-state index contributed by atoms with van der Waals surface area (Å²) in [5.74, 6) is -0.917. The van der Waals surface area contributed by atoms with Crippen LogP contribution in [-0.4, -0.2) is 28.8 Å². The van der Waals surface area contributed by atoms with Gasteiger partial charge in [-0.1, -0.05) is 18.2 Å². The third-order valence-electron chi connectivity index (χ3n) is 4.16. The summed E-state index contributed by atoms with van der Waals surface area (Å²) in [5.41, 5.74) is -2.38. The van der Waals surface area contributed by atoms with Gasteiger partial charge in [0.15, 0.2) is 0 Å². The zero-order valence-electron chi connectivity index (χ0n) is 17.1. The summed E-state index contributed by atoms with van der Waals surface area (Å²) < 4.78 is 53.5. The summed E-state index contributed by atoms with van der Waals surface area (Å²) in [6.07, 6.45) is -5.55. The van der Waals surface area contributed by atoms with Crippen molar-refractivity contribution in [3.63, 3.8) is 0 Å². The first-order valence-electron chi connectivity index (χ1n) is 9.26. The molecule has 2 heterocycles. The molecule has 0 N–H and O–H groups in total. The van der Waals surface area contributed by atoms with Crippen molar-refractivity contribution in [2.75, 3.05) is 6.61 Å². The van der Waals surface area contributed by atoms with Gasteiger partial charge in [-0.3, -0.25) is 0 Å². The lowest BCUT2D eigenvalue weighted by atomic mass is 9.97. The molecule has 0 saturated carbocycles. The van der Waals surface area contributed by atoms with E-state index in [0.717, 1.165) is 22.0 Å². The van der Waals surface area contributed by atoms with Gasteiger partial charge in [-0.05, 0) is 61.3 Å². The Labute approximate surface area is 188 Å². The van der Waals surface area contributed by atoms with Gasteiger partial charge in [0, 0.05) is 10.9 Å². The van der Waals surface area contributed by atoms with Crippen LogP contribution in [0.3, 0.4) is 0 Å². The third kappa shape index (κ3) is 4.64. The largest absolute Gasteiger partial charge is 0.461 e. The van der Waals surface area contributed by atoms with Crippen LogP contribution in [0.15, 0.2) is 34.1 Å². The van der Waals surface area contributed by atoms with E-state index in [0.29, 0.717) is 9.17 Å². The molecule has 5 nitrogen and oxygen atoms in total. The second kappa shape index (κ2) is 8.31. The smallest absolute Gasteiger partial charge is 0.420 e. The number of carbonyl (C=O) groups is 2. The SMILES string of the molecule is CCOC(=O)c1c(-c2ccccc2C(F)(F)F)c2cc(Br)sc2n1C(=O)OC(C)(C)C. The topological polar surface area (TPSA) is 57.5 Å². The number of fused-ring (bicyclic) bond motifs is 1.